The van der Waals surface area contributed by atoms with Crippen LogP contribution in [0.2, 0.25) is 0 Å². The van der Waals surface area contributed by atoms with Gasteiger partial charge in [-0.15, -0.1) is 0 Å². The largest absolute Gasteiger partial charge is 0.481 e. The van der Waals surface area contributed by atoms with Crippen LogP contribution in [0.4, 0.5) is 0 Å². The molecule has 222 valence electrons. The number of carboxylic acids is 1. The van der Waals surface area contributed by atoms with Crippen molar-refractivity contribution in [3.05, 3.63) is 0 Å². The summed E-state index contributed by atoms with van der Waals surface area (Å²) in [4.78, 5) is 22.0. The summed E-state index contributed by atoms with van der Waals surface area (Å²) < 4.78 is 27.7. The zero-order valence-corrected chi connectivity index (χ0v) is 27.2. The topological polar surface area (TPSA) is 110 Å². The van der Waals surface area contributed by atoms with Gasteiger partial charge in [-0.3, -0.25) is 13.8 Å². The summed E-state index contributed by atoms with van der Waals surface area (Å²) in [6, 6.07) is 0. The highest BCUT2D eigenvalue weighted by Crippen LogP contribution is 2.13. The molecular formula is C24H51N2O6S5+. The Balaban J connectivity index is 0. The number of amides is 1. The van der Waals surface area contributed by atoms with Crippen molar-refractivity contribution in [2.45, 2.75) is 81.1 Å². The van der Waals surface area contributed by atoms with E-state index in [0.29, 0.717) is 40.9 Å². The Labute approximate surface area is 247 Å². The van der Waals surface area contributed by atoms with Gasteiger partial charge in [-0.25, -0.2) is 0 Å². The minimum atomic E-state index is -3.39. The Hall–Kier alpha value is 0.210. The Morgan fingerprint density at radius 1 is 0.865 bits per heavy atom. The third-order valence-corrected chi connectivity index (χ3v) is 8.59. The minimum absolute atomic E-state index is 0.0247. The molecule has 0 aliphatic carbocycles. The molecule has 2 N–H and O–H groups in total. The highest BCUT2D eigenvalue weighted by molar-refractivity contribution is 7.86. The standard InChI is InChI=1S/C16H34N2O4S3.C8H16O2S2/c1-18(2,11-6-14-25(20,21)22-3)12-10-17-16(19)8-5-4-7-15(24)9-13-23;9-8(10)4-2-1-3-7(12)5-6-11/h15H,4-14H2,1-3H3,(H2-,17,19,23,24);7,11-12H,1-6H2,(H,9,10)/p+1. The van der Waals surface area contributed by atoms with E-state index in [1.54, 1.807) is 0 Å². The number of likely N-dealkylation sites (N-methyl/N-ethyl adjacent to an activating group) is 1. The molecule has 0 heterocycles. The van der Waals surface area contributed by atoms with E-state index >= 15 is 0 Å². The molecule has 37 heavy (non-hydrogen) atoms. The SMILES string of the molecule is COS(=O)(=O)CCC[N+](C)(C)CCNC(=O)CCCCC(S)CCS.O=C(O)CCCCC(S)CCS. The first-order chi connectivity index (χ1) is 17.3. The van der Waals surface area contributed by atoms with Crippen molar-refractivity contribution in [3.8, 4) is 0 Å². The summed E-state index contributed by atoms with van der Waals surface area (Å²) in [7, 11) is 1.85. The van der Waals surface area contributed by atoms with Crippen molar-refractivity contribution >= 4 is 72.5 Å². The number of rotatable bonds is 22. The molecule has 8 nitrogen and oxygen atoms in total. The number of quaternary nitrogens is 1. The molecule has 0 rings (SSSR count). The maximum atomic E-state index is 11.8. The van der Waals surface area contributed by atoms with Gasteiger partial charge >= 0.3 is 5.97 Å². The summed E-state index contributed by atoms with van der Waals surface area (Å²) >= 11 is 17.1. The molecule has 2 unspecified atom stereocenters. The number of carbonyl (C=O) groups excluding carboxylic acids is 1. The molecule has 0 saturated heterocycles. The Morgan fingerprint density at radius 3 is 1.84 bits per heavy atom. The number of hydrogen-bond acceptors (Lipinski definition) is 9. The molecule has 0 bridgehead atoms. The average molecular weight is 624 g/mol. The minimum Gasteiger partial charge on any atom is -0.481 e. The zero-order valence-electron chi connectivity index (χ0n) is 22.8. The van der Waals surface area contributed by atoms with E-state index in [0.717, 1.165) is 69.4 Å². The van der Waals surface area contributed by atoms with Crippen molar-refractivity contribution < 1.29 is 31.8 Å². The van der Waals surface area contributed by atoms with Crippen molar-refractivity contribution in [1.29, 1.82) is 0 Å². The summed E-state index contributed by atoms with van der Waals surface area (Å²) in [5.74, 6) is 1.09. The quantitative estimate of drug-likeness (QED) is 0.0472. The van der Waals surface area contributed by atoms with Crippen molar-refractivity contribution in [2.24, 2.45) is 0 Å². The fourth-order valence-corrected chi connectivity index (χ4v) is 5.66. The number of nitrogens with zero attached hydrogens (tertiary/aromatic N) is 1. The van der Waals surface area contributed by atoms with Crippen LogP contribution in [0.5, 0.6) is 0 Å². The monoisotopic (exact) mass is 623 g/mol. The maximum absolute atomic E-state index is 11.8. The van der Waals surface area contributed by atoms with Gasteiger partial charge in [0, 0.05) is 29.8 Å². The average Bonchev–Trinajstić information content (AvgIpc) is 2.80. The van der Waals surface area contributed by atoms with E-state index in [1.807, 2.05) is 14.1 Å². The van der Waals surface area contributed by atoms with Crippen molar-refractivity contribution in [2.75, 3.05) is 58.1 Å². The first kappa shape index (κ1) is 39.4. The first-order valence-corrected chi connectivity index (χ1v) is 16.8. The van der Waals surface area contributed by atoms with Crippen LogP contribution in [0.3, 0.4) is 0 Å². The highest BCUT2D eigenvalue weighted by Gasteiger charge is 2.17. The number of aliphatic carboxylic acids is 1. The molecule has 0 spiro atoms. The molecule has 0 fully saturated rings. The van der Waals surface area contributed by atoms with Gasteiger partial charge in [0.2, 0.25) is 5.91 Å². The van der Waals surface area contributed by atoms with E-state index in [9.17, 15) is 18.0 Å². The summed E-state index contributed by atoms with van der Waals surface area (Å²) in [6.45, 7) is 2.07. The van der Waals surface area contributed by atoms with Gasteiger partial charge in [0.15, 0.2) is 0 Å². The van der Waals surface area contributed by atoms with Crippen molar-refractivity contribution in [3.63, 3.8) is 0 Å². The van der Waals surface area contributed by atoms with Crippen LogP contribution >= 0.6 is 50.5 Å². The van der Waals surface area contributed by atoms with Crippen LogP contribution in [0.25, 0.3) is 0 Å². The molecule has 1 amide bonds. The molecule has 0 aliphatic heterocycles. The van der Waals surface area contributed by atoms with Gasteiger partial charge < -0.3 is 14.9 Å². The number of unbranched alkanes of at least 4 members (excludes halogenated alkanes) is 2. The van der Waals surface area contributed by atoms with Crippen LogP contribution in [0.15, 0.2) is 0 Å². The Kier molecular flexibility index (Phi) is 25.6. The van der Waals surface area contributed by atoms with Crippen LogP contribution in [-0.4, -0.2) is 98.5 Å². The number of carbonyl (C=O) groups is 2. The Bertz CT molecular complexity index is 695. The third kappa shape index (κ3) is 29.0. The lowest BCUT2D eigenvalue weighted by Crippen LogP contribution is -2.46. The molecule has 0 saturated carbocycles. The van der Waals surface area contributed by atoms with Gasteiger partial charge in [0.05, 0.1) is 46.6 Å². The fraction of sp³-hybridized carbons (Fsp3) is 0.917. The lowest BCUT2D eigenvalue weighted by molar-refractivity contribution is -0.889. The smallest absolute Gasteiger partial charge is 0.303 e. The molecule has 0 aromatic rings. The summed E-state index contributed by atoms with van der Waals surface area (Å²) in [5.41, 5.74) is 0. The molecule has 0 radical (unpaired) electrons. The lowest BCUT2D eigenvalue weighted by Gasteiger charge is -2.29. The second-order valence-corrected chi connectivity index (χ2v) is 13.9. The molecular weight excluding hydrogens is 573 g/mol. The Morgan fingerprint density at radius 2 is 1.38 bits per heavy atom. The molecule has 0 aromatic carbocycles. The predicted molar refractivity (Wildman–Crippen MR) is 167 cm³/mol. The number of hydrogen-bond donors (Lipinski definition) is 6. The normalized spacial score (nSPS) is 13.4. The van der Waals surface area contributed by atoms with Gasteiger partial charge in [0.1, 0.15) is 0 Å². The van der Waals surface area contributed by atoms with Crippen LogP contribution < -0.4 is 5.32 Å². The lowest BCUT2D eigenvalue weighted by atomic mass is 10.1. The number of nitrogens with one attached hydrogen (secondary N) is 1. The predicted octanol–water partition coefficient (Wildman–Crippen LogP) is 3.97. The third-order valence-electron chi connectivity index (χ3n) is 5.74. The summed E-state index contributed by atoms with van der Waals surface area (Å²) in [5, 5.41) is 12.1. The summed E-state index contributed by atoms with van der Waals surface area (Å²) in [6.07, 6.45) is 8.97. The van der Waals surface area contributed by atoms with E-state index in [4.69, 9.17) is 5.11 Å². The second-order valence-electron chi connectivity index (χ2n) is 9.73. The zero-order chi connectivity index (χ0) is 28.7. The molecule has 0 aliphatic rings. The first-order valence-electron chi connectivity index (χ1n) is 12.9. The van der Waals surface area contributed by atoms with Gasteiger partial charge in [0.25, 0.3) is 10.1 Å². The maximum Gasteiger partial charge on any atom is 0.303 e. The molecule has 13 heteroatoms. The van der Waals surface area contributed by atoms with E-state index in [2.05, 4.69) is 60.0 Å². The fourth-order valence-electron chi connectivity index (χ4n) is 3.36. The van der Waals surface area contributed by atoms with Gasteiger partial charge in [-0.2, -0.15) is 58.9 Å². The highest BCUT2D eigenvalue weighted by atomic mass is 32.2. The van der Waals surface area contributed by atoms with Crippen LogP contribution in [0, 0.1) is 0 Å². The second kappa shape index (κ2) is 24.0. The van der Waals surface area contributed by atoms with Crippen LogP contribution in [-0.2, 0) is 23.9 Å². The van der Waals surface area contributed by atoms with E-state index in [-0.39, 0.29) is 18.1 Å². The van der Waals surface area contributed by atoms with Crippen LogP contribution in [0.1, 0.15) is 70.6 Å². The molecule has 2 atom stereocenters. The molecule has 0 aromatic heterocycles. The van der Waals surface area contributed by atoms with Gasteiger partial charge in [-0.1, -0.05) is 12.8 Å². The van der Waals surface area contributed by atoms with E-state index < -0.39 is 16.1 Å². The van der Waals surface area contributed by atoms with Gasteiger partial charge in [-0.05, 0) is 50.0 Å². The van der Waals surface area contributed by atoms with Crippen molar-refractivity contribution in [1.82, 2.24) is 5.32 Å². The number of thiol groups is 4. The number of carboxylic acid groups (broad SMARTS) is 1. The van der Waals surface area contributed by atoms with E-state index in [1.165, 1.54) is 7.11 Å².